The molecular weight excluding hydrogens is 179 g/mol. The van der Waals surface area contributed by atoms with Crippen molar-refractivity contribution in [3.8, 4) is 0 Å². The van der Waals surface area contributed by atoms with Crippen LogP contribution < -0.4 is 0 Å². The number of halogens is 2. The van der Waals surface area contributed by atoms with Crippen LogP contribution in [-0.4, -0.2) is 17.8 Å². The van der Waals surface area contributed by atoms with E-state index in [1.165, 1.54) is 0 Å². The van der Waals surface area contributed by atoms with Gasteiger partial charge >= 0.3 is 6.16 Å². The van der Waals surface area contributed by atoms with E-state index in [9.17, 15) is 4.79 Å². The number of hydrogen-bond donors (Lipinski definition) is 0. The molecule has 10 heavy (non-hydrogen) atoms. The van der Waals surface area contributed by atoms with Crippen molar-refractivity contribution >= 4 is 29.4 Å². The molecule has 3 nitrogen and oxygen atoms in total. The highest BCUT2D eigenvalue weighted by Crippen LogP contribution is 2.04. The second-order valence-electron chi connectivity index (χ2n) is 1.48. The van der Waals surface area contributed by atoms with Crippen LogP contribution in [0, 0.1) is 0 Å². The summed E-state index contributed by atoms with van der Waals surface area (Å²) in [6, 6.07) is 0. The van der Waals surface area contributed by atoms with Gasteiger partial charge in [0, 0.05) is 0 Å². The summed E-state index contributed by atoms with van der Waals surface area (Å²) in [5.41, 5.74) is 0. The molecule has 5 heteroatoms. The maximum atomic E-state index is 10.4. The third kappa shape index (κ3) is 5.98. The number of hydrogen-bond acceptors (Lipinski definition) is 3. The Morgan fingerprint density at radius 2 is 2.20 bits per heavy atom. The van der Waals surface area contributed by atoms with Crippen LogP contribution in [0.15, 0.2) is 0 Å². The molecule has 0 atom stereocenters. The van der Waals surface area contributed by atoms with E-state index in [4.69, 9.17) is 23.2 Å². The van der Waals surface area contributed by atoms with E-state index < -0.39 is 11.2 Å². The van der Waals surface area contributed by atoms with Crippen molar-refractivity contribution in [1.29, 1.82) is 0 Å². The highest BCUT2D eigenvalue weighted by Gasteiger charge is 2.07. The standard InChI is InChI=1S/C5H8Cl2O3/c1-2-3-9-5(8)10-4(6)7/h4H,2-3H2,1H3. The summed E-state index contributed by atoms with van der Waals surface area (Å²) in [6.45, 7) is 2.19. The van der Waals surface area contributed by atoms with Crippen LogP contribution in [0.1, 0.15) is 13.3 Å². The average Bonchev–Trinajstić information content (AvgIpc) is 1.82. The lowest BCUT2D eigenvalue weighted by Gasteiger charge is -2.03. The quantitative estimate of drug-likeness (QED) is 0.502. The summed E-state index contributed by atoms with van der Waals surface area (Å²) in [5.74, 6) is 0. The zero-order chi connectivity index (χ0) is 7.98. The molecule has 0 aliphatic heterocycles. The molecular formula is C5H8Cl2O3. The second kappa shape index (κ2) is 5.62. The Morgan fingerprint density at radius 3 is 2.60 bits per heavy atom. The van der Waals surface area contributed by atoms with Crippen LogP contribution in [0.5, 0.6) is 0 Å². The van der Waals surface area contributed by atoms with Crippen LogP contribution in [0.4, 0.5) is 4.79 Å². The van der Waals surface area contributed by atoms with Crippen molar-refractivity contribution < 1.29 is 14.3 Å². The van der Waals surface area contributed by atoms with Crippen molar-refractivity contribution in [2.75, 3.05) is 6.61 Å². The predicted molar refractivity (Wildman–Crippen MR) is 38.2 cm³/mol. The first-order chi connectivity index (χ1) is 4.66. The number of carbonyl (C=O) groups excluding carboxylic acids is 1. The van der Waals surface area contributed by atoms with Gasteiger partial charge in [0.1, 0.15) is 0 Å². The fraction of sp³-hybridized carbons (Fsp3) is 0.800. The van der Waals surface area contributed by atoms with Gasteiger partial charge in [0.05, 0.1) is 6.61 Å². The Morgan fingerprint density at radius 1 is 1.60 bits per heavy atom. The van der Waals surface area contributed by atoms with Gasteiger partial charge in [0.25, 0.3) is 5.02 Å². The largest absolute Gasteiger partial charge is 0.510 e. The molecule has 0 aromatic carbocycles. The number of ether oxygens (including phenoxy) is 2. The van der Waals surface area contributed by atoms with Gasteiger partial charge in [-0.25, -0.2) is 4.79 Å². The highest BCUT2D eigenvalue weighted by atomic mass is 35.5. The maximum Gasteiger partial charge on any atom is 0.510 e. The Balaban J connectivity index is 3.26. The van der Waals surface area contributed by atoms with Gasteiger partial charge in [-0.1, -0.05) is 30.1 Å². The topological polar surface area (TPSA) is 35.5 Å². The van der Waals surface area contributed by atoms with Crippen LogP contribution >= 0.6 is 23.2 Å². The lowest BCUT2D eigenvalue weighted by molar-refractivity contribution is 0.0609. The van der Waals surface area contributed by atoms with E-state index in [1.807, 2.05) is 6.92 Å². The lowest BCUT2D eigenvalue weighted by Crippen LogP contribution is -2.10. The Labute approximate surface area is 69.2 Å². The smallest absolute Gasteiger partial charge is 0.434 e. The first-order valence-electron chi connectivity index (χ1n) is 2.78. The summed E-state index contributed by atoms with van der Waals surface area (Å²) in [5, 5.41) is -1.15. The molecule has 0 aliphatic carbocycles. The van der Waals surface area contributed by atoms with Gasteiger partial charge in [-0.3, -0.25) is 0 Å². The average molecular weight is 187 g/mol. The zero-order valence-corrected chi connectivity index (χ0v) is 6.98. The van der Waals surface area contributed by atoms with Gasteiger partial charge < -0.3 is 9.47 Å². The summed E-state index contributed by atoms with van der Waals surface area (Å²) < 4.78 is 8.69. The molecule has 0 heterocycles. The third-order valence-electron chi connectivity index (χ3n) is 0.609. The van der Waals surface area contributed by atoms with Crippen molar-refractivity contribution in [2.45, 2.75) is 18.4 Å². The molecule has 0 fully saturated rings. The molecule has 0 radical (unpaired) electrons. The van der Waals surface area contributed by atoms with E-state index in [2.05, 4.69) is 9.47 Å². The SMILES string of the molecule is CCCOC(=O)OC(Cl)Cl. The molecule has 0 saturated carbocycles. The summed E-state index contributed by atoms with van der Waals surface area (Å²) in [4.78, 5) is 10.4. The lowest BCUT2D eigenvalue weighted by atomic mass is 10.5. The Bertz CT molecular complexity index is 105. The highest BCUT2D eigenvalue weighted by molar-refractivity contribution is 6.43. The molecule has 0 aromatic heterocycles. The van der Waals surface area contributed by atoms with Gasteiger partial charge in [0.2, 0.25) is 0 Å². The molecule has 0 rings (SSSR count). The molecule has 0 bridgehead atoms. The molecule has 60 valence electrons. The molecule has 0 aromatic rings. The van der Waals surface area contributed by atoms with Crippen molar-refractivity contribution in [1.82, 2.24) is 0 Å². The molecule has 0 saturated heterocycles. The zero-order valence-electron chi connectivity index (χ0n) is 5.47. The monoisotopic (exact) mass is 186 g/mol. The van der Waals surface area contributed by atoms with Crippen LogP contribution in [0.3, 0.4) is 0 Å². The normalized spacial score (nSPS) is 9.60. The molecule has 0 spiro atoms. The minimum Gasteiger partial charge on any atom is -0.434 e. The second-order valence-corrected chi connectivity index (χ2v) is 2.49. The van der Waals surface area contributed by atoms with Crippen LogP contribution in [0.25, 0.3) is 0 Å². The fourth-order valence-corrected chi connectivity index (χ4v) is 0.438. The van der Waals surface area contributed by atoms with Gasteiger partial charge in [-0.05, 0) is 6.42 Å². The van der Waals surface area contributed by atoms with Crippen molar-refractivity contribution in [3.63, 3.8) is 0 Å². The number of carbonyl (C=O) groups is 1. The first-order valence-corrected chi connectivity index (χ1v) is 3.65. The summed E-state index contributed by atoms with van der Waals surface area (Å²) in [7, 11) is 0. The van der Waals surface area contributed by atoms with Crippen LogP contribution in [-0.2, 0) is 9.47 Å². The molecule has 0 unspecified atom stereocenters. The van der Waals surface area contributed by atoms with Gasteiger partial charge in [-0.15, -0.1) is 0 Å². The van der Waals surface area contributed by atoms with E-state index in [1.54, 1.807) is 0 Å². The van der Waals surface area contributed by atoms with Crippen molar-refractivity contribution in [2.24, 2.45) is 0 Å². The summed E-state index contributed by atoms with van der Waals surface area (Å²) in [6.07, 6.45) is -0.0958. The van der Waals surface area contributed by atoms with Gasteiger partial charge in [0.15, 0.2) is 0 Å². The molecule has 0 N–H and O–H groups in total. The minimum atomic E-state index is -1.15. The first kappa shape index (κ1) is 9.85. The van der Waals surface area contributed by atoms with E-state index in [-0.39, 0.29) is 0 Å². The number of alkyl halides is 2. The predicted octanol–water partition coefficient (Wildman–Crippen LogP) is 2.31. The summed E-state index contributed by atoms with van der Waals surface area (Å²) >= 11 is 10.2. The fourth-order valence-electron chi connectivity index (χ4n) is 0.292. The van der Waals surface area contributed by atoms with E-state index in [0.717, 1.165) is 6.42 Å². The third-order valence-corrected chi connectivity index (χ3v) is 0.788. The van der Waals surface area contributed by atoms with Crippen LogP contribution in [0.2, 0.25) is 0 Å². The minimum absolute atomic E-state index is 0.319. The molecule has 0 amide bonds. The van der Waals surface area contributed by atoms with Crippen molar-refractivity contribution in [3.05, 3.63) is 0 Å². The molecule has 0 aliphatic rings. The maximum absolute atomic E-state index is 10.4. The van der Waals surface area contributed by atoms with E-state index >= 15 is 0 Å². The van der Waals surface area contributed by atoms with Gasteiger partial charge in [-0.2, -0.15) is 0 Å². The van der Waals surface area contributed by atoms with E-state index in [0.29, 0.717) is 6.61 Å². The Hall–Kier alpha value is -0.150. The number of rotatable bonds is 3. The Kier molecular flexibility index (Phi) is 5.54.